The van der Waals surface area contributed by atoms with Crippen LogP contribution in [0.3, 0.4) is 0 Å². The number of nitrogens with zero attached hydrogens (tertiary/aromatic N) is 3. The Balaban J connectivity index is 1.45. The van der Waals surface area contributed by atoms with Gasteiger partial charge in [-0.05, 0) is 42.7 Å². The van der Waals surface area contributed by atoms with Gasteiger partial charge < -0.3 is 24.0 Å². The maximum atomic E-state index is 13.1. The number of hydrogen-bond donors (Lipinski definition) is 0. The summed E-state index contributed by atoms with van der Waals surface area (Å²) in [5.74, 6) is 1.06. The molecule has 2 fully saturated rings. The quantitative estimate of drug-likeness (QED) is 0.661. The Morgan fingerprint density at radius 2 is 1.74 bits per heavy atom. The molecule has 2 aromatic rings. The predicted molar refractivity (Wildman–Crippen MR) is 113 cm³/mol. The third-order valence-electron chi connectivity index (χ3n) is 6.17. The average Bonchev–Trinajstić information content (AvgIpc) is 2.82. The lowest BCUT2D eigenvalue weighted by atomic mass is 9.86. The number of aromatic nitrogens is 1. The number of β-lactam (4-membered cyclic amide) rings is 1. The van der Waals surface area contributed by atoms with Gasteiger partial charge in [-0.25, -0.2) is 0 Å². The molecule has 8 heteroatoms. The van der Waals surface area contributed by atoms with Gasteiger partial charge in [0.25, 0.3) is 11.8 Å². The first kappa shape index (κ1) is 21.1. The van der Waals surface area contributed by atoms with Crippen LogP contribution in [0, 0.1) is 0 Å². The van der Waals surface area contributed by atoms with Crippen molar-refractivity contribution in [3.05, 3.63) is 53.9 Å². The number of hydrogen-bond acceptors (Lipinski definition) is 6. The van der Waals surface area contributed by atoms with Crippen LogP contribution in [-0.2, 0) is 9.53 Å². The number of carbonyl (C=O) groups excluding carboxylic acids is 2. The van der Waals surface area contributed by atoms with Crippen molar-refractivity contribution in [1.82, 2.24) is 14.8 Å². The van der Waals surface area contributed by atoms with Crippen molar-refractivity contribution in [2.24, 2.45) is 0 Å². The van der Waals surface area contributed by atoms with Gasteiger partial charge in [-0.2, -0.15) is 0 Å². The first-order valence-corrected chi connectivity index (χ1v) is 10.3. The summed E-state index contributed by atoms with van der Waals surface area (Å²) < 4.78 is 16.0. The Morgan fingerprint density at radius 1 is 1.03 bits per heavy atom. The lowest BCUT2D eigenvalue weighted by Gasteiger charge is -2.52. The average molecular weight is 425 g/mol. The molecule has 0 spiro atoms. The molecule has 4 rings (SSSR count). The molecular weight excluding hydrogens is 398 g/mol. The SMILES string of the molecule is COc1ccc(C(=O)N2CCC(N3C(=O)[C@H](OC)[C@@H]3c3ccncc3)CC2)c(OC)c1. The van der Waals surface area contributed by atoms with Crippen LogP contribution in [0.5, 0.6) is 11.5 Å². The highest BCUT2D eigenvalue weighted by Gasteiger charge is 2.51. The molecule has 0 saturated carbocycles. The highest BCUT2D eigenvalue weighted by atomic mass is 16.5. The van der Waals surface area contributed by atoms with Gasteiger partial charge in [0.1, 0.15) is 11.5 Å². The smallest absolute Gasteiger partial charge is 0.257 e. The summed E-state index contributed by atoms with van der Waals surface area (Å²) in [5, 5.41) is 0. The fourth-order valence-corrected chi connectivity index (χ4v) is 4.51. The van der Waals surface area contributed by atoms with Crippen molar-refractivity contribution >= 4 is 11.8 Å². The van der Waals surface area contributed by atoms with Crippen LogP contribution in [0.1, 0.15) is 34.8 Å². The standard InChI is InChI=1S/C23H27N3O5/c1-29-17-4-5-18(19(14-17)30-2)22(27)25-12-8-16(9-13-25)26-20(21(31-3)23(26)28)15-6-10-24-11-7-15/h4-7,10-11,14,16,20-21H,8-9,12-13H2,1-3H3/t20-,21+/m0/s1. The lowest BCUT2D eigenvalue weighted by molar-refractivity contribution is -0.178. The molecule has 2 aliphatic heterocycles. The van der Waals surface area contributed by atoms with Crippen molar-refractivity contribution in [2.45, 2.75) is 31.0 Å². The summed E-state index contributed by atoms with van der Waals surface area (Å²) in [6, 6.07) is 8.99. The second kappa shape index (κ2) is 8.93. The number of amides is 2. The number of rotatable bonds is 6. The molecule has 1 aromatic carbocycles. The van der Waals surface area contributed by atoms with E-state index in [0.717, 1.165) is 5.56 Å². The molecule has 0 bridgehead atoms. The molecular formula is C23H27N3O5. The summed E-state index contributed by atoms with van der Waals surface area (Å²) in [6.45, 7) is 1.15. The molecule has 0 aliphatic carbocycles. The zero-order valence-electron chi connectivity index (χ0n) is 18.0. The van der Waals surface area contributed by atoms with Crippen molar-refractivity contribution in [2.75, 3.05) is 34.4 Å². The van der Waals surface area contributed by atoms with Gasteiger partial charge in [-0.15, -0.1) is 0 Å². The fourth-order valence-electron chi connectivity index (χ4n) is 4.51. The van der Waals surface area contributed by atoms with E-state index in [9.17, 15) is 9.59 Å². The van der Waals surface area contributed by atoms with E-state index in [-0.39, 0.29) is 23.9 Å². The normalized spacial score (nSPS) is 21.6. The number of likely N-dealkylation sites (tertiary alicyclic amines) is 2. The molecule has 0 unspecified atom stereocenters. The van der Waals surface area contributed by atoms with Crippen LogP contribution in [-0.4, -0.2) is 73.2 Å². The number of ether oxygens (including phenoxy) is 3. The second-order valence-electron chi connectivity index (χ2n) is 7.72. The molecule has 2 saturated heterocycles. The summed E-state index contributed by atoms with van der Waals surface area (Å²) in [5.41, 5.74) is 1.53. The zero-order chi connectivity index (χ0) is 22.0. The molecule has 2 atom stereocenters. The predicted octanol–water partition coefficient (Wildman–Crippen LogP) is 2.30. The van der Waals surface area contributed by atoms with Gasteiger partial charge >= 0.3 is 0 Å². The molecule has 8 nitrogen and oxygen atoms in total. The Labute approximate surface area is 181 Å². The maximum Gasteiger partial charge on any atom is 0.257 e. The molecule has 0 radical (unpaired) electrons. The minimum Gasteiger partial charge on any atom is -0.497 e. The van der Waals surface area contributed by atoms with E-state index in [0.29, 0.717) is 43.0 Å². The minimum absolute atomic E-state index is 0.00547. The molecule has 2 amide bonds. The van der Waals surface area contributed by atoms with Gasteiger partial charge in [0.15, 0.2) is 6.10 Å². The second-order valence-corrected chi connectivity index (χ2v) is 7.72. The highest BCUT2D eigenvalue weighted by molar-refractivity contribution is 5.97. The molecule has 164 valence electrons. The first-order valence-electron chi connectivity index (χ1n) is 10.3. The van der Waals surface area contributed by atoms with Crippen LogP contribution in [0.15, 0.2) is 42.7 Å². The van der Waals surface area contributed by atoms with Crippen LogP contribution in [0.2, 0.25) is 0 Å². The van der Waals surface area contributed by atoms with Gasteiger partial charge in [0.2, 0.25) is 0 Å². The van der Waals surface area contributed by atoms with Gasteiger partial charge in [0, 0.05) is 44.7 Å². The third kappa shape index (κ3) is 3.83. The Kier molecular flexibility index (Phi) is 6.08. The maximum absolute atomic E-state index is 13.1. The van der Waals surface area contributed by atoms with Crippen LogP contribution in [0.25, 0.3) is 0 Å². The molecule has 3 heterocycles. The number of carbonyl (C=O) groups is 2. The number of pyridine rings is 1. The van der Waals surface area contributed by atoms with Crippen LogP contribution in [0.4, 0.5) is 0 Å². The zero-order valence-corrected chi connectivity index (χ0v) is 18.0. The minimum atomic E-state index is -0.467. The van der Waals surface area contributed by atoms with Gasteiger partial charge in [-0.1, -0.05) is 0 Å². The van der Waals surface area contributed by atoms with Crippen molar-refractivity contribution < 1.29 is 23.8 Å². The Bertz CT molecular complexity index is 943. The molecule has 2 aliphatic rings. The fraction of sp³-hybridized carbons (Fsp3) is 0.435. The van der Waals surface area contributed by atoms with Crippen LogP contribution < -0.4 is 9.47 Å². The van der Waals surface area contributed by atoms with E-state index in [1.807, 2.05) is 21.9 Å². The van der Waals surface area contributed by atoms with Gasteiger partial charge in [-0.3, -0.25) is 14.6 Å². The van der Waals surface area contributed by atoms with E-state index >= 15 is 0 Å². The highest BCUT2D eigenvalue weighted by Crippen LogP contribution is 2.40. The van der Waals surface area contributed by atoms with E-state index in [2.05, 4.69) is 4.98 Å². The summed E-state index contributed by atoms with van der Waals surface area (Å²) >= 11 is 0. The topological polar surface area (TPSA) is 81.2 Å². The first-order chi connectivity index (χ1) is 15.1. The van der Waals surface area contributed by atoms with E-state index < -0.39 is 6.10 Å². The van der Waals surface area contributed by atoms with Crippen molar-refractivity contribution in [1.29, 1.82) is 0 Å². The number of benzene rings is 1. The van der Waals surface area contributed by atoms with Crippen LogP contribution >= 0.6 is 0 Å². The van der Waals surface area contributed by atoms with Crippen molar-refractivity contribution in [3.63, 3.8) is 0 Å². The summed E-state index contributed by atoms with van der Waals surface area (Å²) in [4.78, 5) is 33.6. The van der Waals surface area contributed by atoms with Gasteiger partial charge in [0.05, 0.1) is 25.8 Å². The molecule has 31 heavy (non-hydrogen) atoms. The van der Waals surface area contributed by atoms with E-state index in [4.69, 9.17) is 14.2 Å². The molecule has 0 N–H and O–H groups in total. The Morgan fingerprint density at radius 3 is 2.35 bits per heavy atom. The Hall–Kier alpha value is -3.13. The third-order valence-corrected chi connectivity index (χ3v) is 6.17. The largest absolute Gasteiger partial charge is 0.497 e. The number of piperidine rings is 1. The summed E-state index contributed by atoms with van der Waals surface area (Å²) in [7, 11) is 4.68. The monoisotopic (exact) mass is 425 g/mol. The summed E-state index contributed by atoms with van der Waals surface area (Å²) in [6.07, 6.45) is 4.42. The van der Waals surface area contributed by atoms with E-state index in [1.54, 1.807) is 51.9 Å². The number of methoxy groups -OCH3 is 3. The van der Waals surface area contributed by atoms with E-state index in [1.165, 1.54) is 0 Å². The molecule has 1 aromatic heterocycles. The van der Waals surface area contributed by atoms with Crippen molar-refractivity contribution in [3.8, 4) is 11.5 Å². The lowest BCUT2D eigenvalue weighted by Crippen LogP contribution is -2.64.